The molecule has 0 fully saturated rings. The van der Waals surface area contributed by atoms with Gasteiger partial charge in [-0.3, -0.25) is 0 Å². The minimum absolute atomic E-state index is 0.621. The smallest absolute Gasteiger partial charge is 0.132 e. The van der Waals surface area contributed by atoms with Crippen molar-refractivity contribution in [3.05, 3.63) is 40.0 Å². The van der Waals surface area contributed by atoms with Crippen LogP contribution in [0.3, 0.4) is 0 Å². The number of pyridine rings is 1. The van der Waals surface area contributed by atoms with E-state index >= 15 is 0 Å². The van der Waals surface area contributed by atoms with E-state index in [1.165, 1.54) is 16.5 Å². The van der Waals surface area contributed by atoms with Gasteiger partial charge in [0.15, 0.2) is 0 Å². The normalized spacial score (nSPS) is 11.4. The van der Waals surface area contributed by atoms with Gasteiger partial charge in [-0.15, -0.1) is 0 Å². The van der Waals surface area contributed by atoms with Crippen LogP contribution in [0, 0.1) is 19.8 Å². The Morgan fingerprint density at radius 2 is 1.94 bits per heavy atom. The Bertz CT molecular complexity index is 558. The molecule has 0 amide bonds. The van der Waals surface area contributed by atoms with E-state index in [1.807, 2.05) is 0 Å². The first-order valence-corrected chi connectivity index (χ1v) is 6.42. The lowest BCUT2D eigenvalue weighted by Crippen LogP contribution is -2.00. The van der Waals surface area contributed by atoms with Crippen LogP contribution in [0.5, 0.6) is 0 Å². The van der Waals surface area contributed by atoms with Crippen LogP contribution >= 0.6 is 11.6 Å². The van der Waals surface area contributed by atoms with Gasteiger partial charge in [-0.2, -0.15) is 0 Å². The maximum absolute atomic E-state index is 6.20. The standard InChI is InChI=1S/C15H18ClN/c1-9(2)7-12-11(4)15(16)17-14-6-5-10(3)8-13(12)14/h5-6,8-9H,7H2,1-4H3. The lowest BCUT2D eigenvalue weighted by molar-refractivity contribution is 0.647. The molecular formula is C15H18ClN. The first kappa shape index (κ1) is 12.4. The van der Waals surface area contributed by atoms with Gasteiger partial charge in [-0.1, -0.05) is 37.1 Å². The van der Waals surface area contributed by atoms with E-state index in [0.29, 0.717) is 11.1 Å². The minimum atomic E-state index is 0.621. The molecule has 2 aromatic rings. The van der Waals surface area contributed by atoms with Gasteiger partial charge in [0.25, 0.3) is 0 Å². The van der Waals surface area contributed by atoms with E-state index in [1.54, 1.807) is 0 Å². The SMILES string of the molecule is Cc1ccc2nc(Cl)c(C)c(CC(C)C)c2c1. The van der Waals surface area contributed by atoms with E-state index in [2.05, 4.69) is 50.9 Å². The topological polar surface area (TPSA) is 12.9 Å². The monoisotopic (exact) mass is 247 g/mol. The number of nitrogens with zero attached hydrogens (tertiary/aromatic N) is 1. The van der Waals surface area contributed by atoms with Crippen LogP contribution in [0.1, 0.15) is 30.5 Å². The van der Waals surface area contributed by atoms with Crippen LogP contribution < -0.4 is 0 Å². The Morgan fingerprint density at radius 3 is 2.59 bits per heavy atom. The predicted octanol–water partition coefficient (Wildman–Crippen LogP) is 4.70. The van der Waals surface area contributed by atoms with E-state index < -0.39 is 0 Å². The number of aromatic nitrogens is 1. The second-order valence-electron chi connectivity index (χ2n) is 5.12. The Morgan fingerprint density at radius 1 is 1.24 bits per heavy atom. The third kappa shape index (κ3) is 2.44. The largest absolute Gasteiger partial charge is 0.236 e. The van der Waals surface area contributed by atoms with Crippen molar-refractivity contribution in [3.8, 4) is 0 Å². The molecule has 1 heterocycles. The molecule has 1 nitrogen and oxygen atoms in total. The molecule has 0 radical (unpaired) electrons. The molecule has 0 aliphatic heterocycles. The fourth-order valence-electron chi connectivity index (χ4n) is 2.18. The first-order chi connectivity index (χ1) is 7.99. The molecule has 0 N–H and O–H groups in total. The van der Waals surface area contributed by atoms with Gasteiger partial charge in [-0.05, 0) is 49.4 Å². The molecule has 0 aliphatic rings. The molecule has 1 aromatic carbocycles. The third-order valence-corrected chi connectivity index (χ3v) is 3.44. The molecule has 0 saturated carbocycles. The maximum Gasteiger partial charge on any atom is 0.132 e. The fourth-order valence-corrected chi connectivity index (χ4v) is 2.38. The molecule has 90 valence electrons. The highest BCUT2D eigenvalue weighted by Gasteiger charge is 2.11. The van der Waals surface area contributed by atoms with Gasteiger partial charge in [0.05, 0.1) is 5.52 Å². The summed E-state index contributed by atoms with van der Waals surface area (Å²) in [5.41, 5.74) is 4.74. The van der Waals surface area contributed by atoms with Gasteiger partial charge in [0.1, 0.15) is 5.15 Å². The zero-order chi connectivity index (χ0) is 12.6. The van der Waals surface area contributed by atoms with Crippen LogP contribution in [0.4, 0.5) is 0 Å². The third-order valence-electron chi connectivity index (χ3n) is 3.07. The average molecular weight is 248 g/mol. The van der Waals surface area contributed by atoms with Crippen LogP contribution in [0.15, 0.2) is 18.2 Å². The van der Waals surface area contributed by atoms with Crippen molar-refractivity contribution in [2.45, 2.75) is 34.1 Å². The molecule has 0 aliphatic carbocycles. The van der Waals surface area contributed by atoms with Crippen LogP contribution in [0.25, 0.3) is 10.9 Å². The lowest BCUT2D eigenvalue weighted by Gasteiger charge is -2.14. The zero-order valence-electron chi connectivity index (χ0n) is 10.8. The lowest BCUT2D eigenvalue weighted by atomic mass is 9.95. The summed E-state index contributed by atoms with van der Waals surface area (Å²) >= 11 is 6.20. The number of aryl methyl sites for hydroxylation is 1. The summed E-state index contributed by atoms with van der Waals surface area (Å²) in [5, 5.41) is 1.89. The summed E-state index contributed by atoms with van der Waals surface area (Å²) in [5.74, 6) is 0.621. The van der Waals surface area contributed by atoms with Gasteiger partial charge in [0.2, 0.25) is 0 Å². The number of halogens is 1. The fraction of sp³-hybridized carbons (Fsp3) is 0.400. The maximum atomic E-state index is 6.20. The zero-order valence-corrected chi connectivity index (χ0v) is 11.6. The Labute approximate surface area is 108 Å². The molecule has 0 spiro atoms. The van der Waals surface area contributed by atoms with E-state index in [4.69, 9.17) is 11.6 Å². The Balaban J connectivity index is 2.75. The number of fused-ring (bicyclic) bond motifs is 1. The van der Waals surface area contributed by atoms with Gasteiger partial charge in [-0.25, -0.2) is 4.98 Å². The van der Waals surface area contributed by atoms with Crippen LogP contribution in [0.2, 0.25) is 5.15 Å². The van der Waals surface area contributed by atoms with Crippen molar-refractivity contribution in [2.24, 2.45) is 5.92 Å². The van der Waals surface area contributed by atoms with Gasteiger partial charge in [0, 0.05) is 5.39 Å². The molecule has 0 atom stereocenters. The molecule has 0 bridgehead atoms. The number of hydrogen-bond donors (Lipinski definition) is 0. The highest BCUT2D eigenvalue weighted by Crippen LogP contribution is 2.28. The van der Waals surface area contributed by atoms with Crippen molar-refractivity contribution in [1.29, 1.82) is 0 Å². The van der Waals surface area contributed by atoms with Crippen molar-refractivity contribution in [3.63, 3.8) is 0 Å². The molecule has 17 heavy (non-hydrogen) atoms. The average Bonchev–Trinajstić information content (AvgIpc) is 2.25. The number of hydrogen-bond acceptors (Lipinski definition) is 1. The highest BCUT2D eigenvalue weighted by atomic mass is 35.5. The summed E-state index contributed by atoms with van der Waals surface area (Å²) in [6.45, 7) is 8.64. The van der Waals surface area contributed by atoms with Crippen molar-refractivity contribution in [2.75, 3.05) is 0 Å². The van der Waals surface area contributed by atoms with Crippen LogP contribution in [-0.2, 0) is 6.42 Å². The van der Waals surface area contributed by atoms with E-state index in [0.717, 1.165) is 17.5 Å². The Kier molecular flexibility index (Phi) is 3.39. The minimum Gasteiger partial charge on any atom is -0.236 e. The van der Waals surface area contributed by atoms with Crippen LogP contribution in [-0.4, -0.2) is 4.98 Å². The molecule has 2 heteroatoms. The molecule has 0 saturated heterocycles. The van der Waals surface area contributed by atoms with E-state index in [9.17, 15) is 0 Å². The predicted molar refractivity (Wildman–Crippen MR) is 74.8 cm³/mol. The van der Waals surface area contributed by atoms with Crippen molar-refractivity contribution in [1.82, 2.24) is 4.98 Å². The summed E-state index contributed by atoms with van der Waals surface area (Å²) in [7, 11) is 0. The number of benzene rings is 1. The second kappa shape index (κ2) is 4.66. The first-order valence-electron chi connectivity index (χ1n) is 6.04. The van der Waals surface area contributed by atoms with E-state index in [-0.39, 0.29) is 0 Å². The second-order valence-corrected chi connectivity index (χ2v) is 5.48. The quantitative estimate of drug-likeness (QED) is 0.701. The highest BCUT2D eigenvalue weighted by molar-refractivity contribution is 6.30. The van der Waals surface area contributed by atoms with Crippen molar-refractivity contribution < 1.29 is 0 Å². The summed E-state index contributed by atoms with van der Waals surface area (Å²) in [6, 6.07) is 6.35. The summed E-state index contributed by atoms with van der Waals surface area (Å²) in [4.78, 5) is 4.45. The molecule has 2 rings (SSSR count). The van der Waals surface area contributed by atoms with Crippen molar-refractivity contribution >= 4 is 22.5 Å². The van der Waals surface area contributed by atoms with Gasteiger partial charge < -0.3 is 0 Å². The summed E-state index contributed by atoms with van der Waals surface area (Å²) in [6.07, 6.45) is 1.05. The molecule has 1 aromatic heterocycles. The number of rotatable bonds is 2. The van der Waals surface area contributed by atoms with Gasteiger partial charge >= 0.3 is 0 Å². The Hall–Kier alpha value is -1.08. The summed E-state index contributed by atoms with van der Waals surface area (Å²) < 4.78 is 0. The molecule has 0 unspecified atom stereocenters. The molecular weight excluding hydrogens is 230 g/mol.